The molecule has 1 unspecified atom stereocenters. The van der Waals surface area contributed by atoms with Crippen LogP contribution in [0.3, 0.4) is 0 Å². The topological polar surface area (TPSA) is 50.1 Å². The van der Waals surface area contributed by atoms with Crippen LogP contribution in [0.1, 0.15) is 29.2 Å². The number of aromatic nitrogens is 2. The average Bonchev–Trinajstić information content (AvgIpc) is 2.75. The van der Waals surface area contributed by atoms with Gasteiger partial charge < -0.3 is 10.4 Å². The van der Waals surface area contributed by atoms with E-state index in [4.69, 9.17) is 0 Å². The first kappa shape index (κ1) is 14.8. The van der Waals surface area contributed by atoms with Crippen molar-refractivity contribution < 1.29 is 5.11 Å². The average molecular weight is 273 g/mol. The molecular weight excluding hydrogens is 250 g/mol. The maximum Gasteiger partial charge on any atom is 0.102 e. The number of aliphatic hydroxyl groups is 1. The Kier molecular flexibility index (Phi) is 4.26. The first-order valence-corrected chi connectivity index (χ1v) is 6.86. The molecule has 2 N–H and O–H groups in total. The summed E-state index contributed by atoms with van der Waals surface area (Å²) in [7, 11) is 1.85. The second-order valence-corrected chi connectivity index (χ2v) is 5.78. The molecular formula is C16H23N3O. The smallest absolute Gasteiger partial charge is 0.102 e. The quantitative estimate of drug-likeness (QED) is 0.876. The summed E-state index contributed by atoms with van der Waals surface area (Å²) >= 11 is 0. The van der Waals surface area contributed by atoms with Crippen LogP contribution in [0.4, 0.5) is 0 Å². The lowest BCUT2D eigenvalue weighted by molar-refractivity contribution is 0.0566. The number of hydrogen-bond acceptors (Lipinski definition) is 3. The molecule has 0 fully saturated rings. The second kappa shape index (κ2) is 5.77. The molecule has 4 heteroatoms. The van der Waals surface area contributed by atoms with Crippen molar-refractivity contribution in [2.24, 2.45) is 7.05 Å². The van der Waals surface area contributed by atoms with E-state index in [1.165, 1.54) is 16.7 Å². The van der Waals surface area contributed by atoms with Crippen LogP contribution >= 0.6 is 0 Å². The molecule has 0 spiro atoms. The predicted molar refractivity (Wildman–Crippen MR) is 80.4 cm³/mol. The Labute approximate surface area is 120 Å². The fourth-order valence-electron chi connectivity index (χ4n) is 2.42. The molecule has 2 aromatic rings. The normalized spacial score (nSPS) is 14.2. The van der Waals surface area contributed by atoms with Gasteiger partial charge in [0.25, 0.3) is 0 Å². The van der Waals surface area contributed by atoms with Crippen LogP contribution < -0.4 is 5.32 Å². The van der Waals surface area contributed by atoms with E-state index >= 15 is 0 Å². The van der Waals surface area contributed by atoms with Crippen LogP contribution in [0.2, 0.25) is 0 Å². The van der Waals surface area contributed by atoms with E-state index in [9.17, 15) is 5.11 Å². The van der Waals surface area contributed by atoms with Gasteiger partial charge in [-0.25, -0.2) is 0 Å². The van der Waals surface area contributed by atoms with Crippen molar-refractivity contribution in [1.29, 1.82) is 0 Å². The number of aryl methyl sites for hydroxylation is 3. The van der Waals surface area contributed by atoms with Crippen molar-refractivity contribution >= 4 is 0 Å². The Bertz CT molecular complexity index is 567. The van der Waals surface area contributed by atoms with Crippen LogP contribution in [0.5, 0.6) is 0 Å². The third-order valence-corrected chi connectivity index (χ3v) is 3.41. The molecule has 0 aliphatic heterocycles. The predicted octanol–water partition coefficient (Wildman–Crippen LogP) is 2.03. The highest BCUT2D eigenvalue weighted by Gasteiger charge is 2.24. The molecule has 0 amide bonds. The van der Waals surface area contributed by atoms with E-state index in [0.717, 1.165) is 12.1 Å². The second-order valence-electron chi connectivity index (χ2n) is 5.78. The van der Waals surface area contributed by atoms with Gasteiger partial charge in [-0.2, -0.15) is 5.10 Å². The van der Waals surface area contributed by atoms with Gasteiger partial charge in [-0.15, -0.1) is 0 Å². The summed E-state index contributed by atoms with van der Waals surface area (Å²) in [5.74, 6) is 0. The van der Waals surface area contributed by atoms with E-state index < -0.39 is 5.60 Å². The van der Waals surface area contributed by atoms with Gasteiger partial charge in [0.15, 0.2) is 0 Å². The summed E-state index contributed by atoms with van der Waals surface area (Å²) in [4.78, 5) is 0. The van der Waals surface area contributed by atoms with E-state index in [1.54, 1.807) is 17.8 Å². The molecule has 2 rings (SSSR count). The Morgan fingerprint density at radius 1 is 1.25 bits per heavy atom. The third kappa shape index (κ3) is 3.68. The molecule has 4 nitrogen and oxygen atoms in total. The highest BCUT2D eigenvalue weighted by atomic mass is 16.3. The molecule has 108 valence electrons. The summed E-state index contributed by atoms with van der Waals surface area (Å²) in [5, 5.41) is 17.9. The third-order valence-electron chi connectivity index (χ3n) is 3.41. The summed E-state index contributed by atoms with van der Waals surface area (Å²) in [6.07, 6.45) is 3.55. The van der Waals surface area contributed by atoms with Crippen molar-refractivity contribution in [2.75, 3.05) is 6.54 Å². The summed E-state index contributed by atoms with van der Waals surface area (Å²) in [5.41, 5.74) is 3.69. The summed E-state index contributed by atoms with van der Waals surface area (Å²) < 4.78 is 1.70. The lowest BCUT2D eigenvalue weighted by Gasteiger charge is -2.22. The number of nitrogens with zero attached hydrogens (tertiary/aromatic N) is 2. The van der Waals surface area contributed by atoms with Crippen molar-refractivity contribution in [3.63, 3.8) is 0 Å². The van der Waals surface area contributed by atoms with Crippen LogP contribution in [-0.2, 0) is 19.2 Å². The molecule has 0 aliphatic rings. The number of nitrogens with one attached hydrogen (secondary N) is 1. The maximum atomic E-state index is 10.5. The van der Waals surface area contributed by atoms with Gasteiger partial charge in [0, 0.05) is 31.9 Å². The lowest BCUT2D eigenvalue weighted by atomic mass is 9.99. The van der Waals surface area contributed by atoms with Gasteiger partial charge in [-0.3, -0.25) is 4.68 Å². The molecule has 0 saturated heterocycles. The summed E-state index contributed by atoms with van der Waals surface area (Å²) in [6, 6.07) is 6.49. The van der Waals surface area contributed by atoms with Crippen molar-refractivity contribution in [3.8, 4) is 0 Å². The molecule has 0 radical (unpaired) electrons. The van der Waals surface area contributed by atoms with E-state index in [1.807, 2.05) is 13.2 Å². The zero-order chi connectivity index (χ0) is 14.8. The highest BCUT2D eigenvalue weighted by molar-refractivity contribution is 5.28. The van der Waals surface area contributed by atoms with Crippen LogP contribution in [0.15, 0.2) is 30.6 Å². The number of benzene rings is 1. The van der Waals surface area contributed by atoms with Gasteiger partial charge in [-0.05, 0) is 26.3 Å². The lowest BCUT2D eigenvalue weighted by Crippen LogP contribution is -2.34. The van der Waals surface area contributed by atoms with Gasteiger partial charge >= 0.3 is 0 Å². The van der Waals surface area contributed by atoms with Gasteiger partial charge in [0.05, 0.1) is 6.20 Å². The van der Waals surface area contributed by atoms with Crippen LogP contribution in [-0.4, -0.2) is 21.4 Å². The Morgan fingerprint density at radius 3 is 2.45 bits per heavy atom. The van der Waals surface area contributed by atoms with Crippen LogP contribution in [0.25, 0.3) is 0 Å². The summed E-state index contributed by atoms with van der Waals surface area (Å²) in [6.45, 7) is 7.24. The minimum atomic E-state index is -0.910. The zero-order valence-corrected chi connectivity index (χ0v) is 12.6. The number of hydrogen-bond donors (Lipinski definition) is 2. The Hall–Kier alpha value is -1.65. The standard InChI is InChI=1S/C16H23N3O/c1-12-5-13(2)7-14(6-12)8-17-11-16(3,20)15-9-18-19(4)10-15/h5-7,9-10,17,20H,8,11H2,1-4H3. The van der Waals surface area contributed by atoms with Crippen molar-refractivity contribution in [1.82, 2.24) is 15.1 Å². The SMILES string of the molecule is Cc1cc(C)cc(CNCC(C)(O)c2cnn(C)c2)c1. The molecule has 1 aromatic carbocycles. The molecule has 20 heavy (non-hydrogen) atoms. The minimum absolute atomic E-state index is 0.492. The minimum Gasteiger partial charge on any atom is -0.384 e. The number of rotatable bonds is 5. The Morgan fingerprint density at radius 2 is 1.90 bits per heavy atom. The highest BCUT2D eigenvalue weighted by Crippen LogP contribution is 2.18. The molecule has 0 aliphatic carbocycles. The molecule has 1 heterocycles. The molecule has 0 bridgehead atoms. The first-order valence-electron chi connectivity index (χ1n) is 6.86. The monoisotopic (exact) mass is 273 g/mol. The zero-order valence-electron chi connectivity index (χ0n) is 12.6. The fourth-order valence-corrected chi connectivity index (χ4v) is 2.42. The van der Waals surface area contributed by atoms with E-state index in [0.29, 0.717) is 6.54 Å². The van der Waals surface area contributed by atoms with Gasteiger partial charge in [-0.1, -0.05) is 29.3 Å². The van der Waals surface area contributed by atoms with Gasteiger partial charge in [0.2, 0.25) is 0 Å². The van der Waals surface area contributed by atoms with Crippen molar-refractivity contribution in [2.45, 2.75) is 32.9 Å². The first-order chi connectivity index (χ1) is 9.37. The van der Waals surface area contributed by atoms with Crippen molar-refractivity contribution in [3.05, 3.63) is 52.8 Å². The largest absolute Gasteiger partial charge is 0.384 e. The Balaban J connectivity index is 1.95. The molecule has 0 saturated carbocycles. The van der Waals surface area contributed by atoms with E-state index in [-0.39, 0.29) is 0 Å². The fraction of sp³-hybridized carbons (Fsp3) is 0.438. The maximum absolute atomic E-state index is 10.5. The molecule has 1 atom stereocenters. The van der Waals surface area contributed by atoms with Crippen LogP contribution in [0, 0.1) is 13.8 Å². The molecule has 1 aromatic heterocycles. The van der Waals surface area contributed by atoms with E-state index in [2.05, 4.69) is 42.5 Å². The van der Waals surface area contributed by atoms with Gasteiger partial charge in [0.1, 0.15) is 5.60 Å².